The Bertz CT molecular complexity index is 1370. The molecule has 0 atom stereocenters. The molecule has 0 saturated carbocycles. The van der Waals surface area contributed by atoms with Crippen molar-refractivity contribution in [1.29, 1.82) is 0 Å². The number of urea groups is 1. The average Bonchev–Trinajstić information content (AvgIpc) is 3.44. The molecule has 0 unspecified atom stereocenters. The van der Waals surface area contributed by atoms with Crippen LogP contribution >= 0.6 is 0 Å². The van der Waals surface area contributed by atoms with E-state index in [1.54, 1.807) is 19.3 Å². The molecule has 3 fully saturated rings. The second-order valence-corrected chi connectivity index (χ2v) is 11.7. The number of halogens is 4. The van der Waals surface area contributed by atoms with Gasteiger partial charge in [0.05, 0.1) is 31.0 Å². The lowest BCUT2D eigenvalue weighted by molar-refractivity contribution is -0.0902. The van der Waals surface area contributed by atoms with Crippen molar-refractivity contribution in [2.24, 2.45) is 7.05 Å². The van der Waals surface area contributed by atoms with Crippen LogP contribution in [0.2, 0.25) is 0 Å². The van der Waals surface area contributed by atoms with Crippen LogP contribution in [0.25, 0.3) is 0 Å². The van der Waals surface area contributed by atoms with Gasteiger partial charge in [-0.2, -0.15) is 13.2 Å². The third-order valence-electron chi connectivity index (χ3n) is 8.58. The van der Waals surface area contributed by atoms with Crippen LogP contribution < -0.4 is 4.90 Å². The molecule has 214 valence electrons. The summed E-state index contributed by atoms with van der Waals surface area (Å²) in [6, 6.07) is 6.92. The molecule has 0 N–H and O–H groups in total. The fourth-order valence-corrected chi connectivity index (χ4v) is 5.99. The number of fused-ring (bicyclic) bond motifs is 1. The molecule has 2 amide bonds. The zero-order valence-electron chi connectivity index (χ0n) is 22.5. The van der Waals surface area contributed by atoms with Crippen molar-refractivity contribution in [2.75, 3.05) is 50.8 Å². The van der Waals surface area contributed by atoms with E-state index in [1.165, 1.54) is 15.9 Å². The Morgan fingerprint density at radius 2 is 1.85 bits per heavy atom. The Balaban J connectivity index is 1.25. The van der Waals surface area contributed by atoms with Gasteiger partial charge in [0.25, 0.3) is 0 Å². The van der Waals surface area contributed by atoms with Crippen LogP contribution in [0.15, 0.2) is 53.5 Å². The molecular weight excluding hydrogens is 528 g/mol. The number of piperidine rings is 1. The SMILES string of the molecule is Cn1cnnc1CC1(c2cccc(N3CC4=C(C(F)(F)F)C=C(CN5CCC(C)(F)CC5)CN4C3=O)c2)COC1. The molecule has 40 heavy (non-hydrogen) atoms. The van der Waals surface area contributed by atoms with Crippen LogP contribution in [-0.2, 0) is 23.6 Å². The second kappa shape index (κ2) is 9.69. The van der Waals surface area contributed by atoms with E-state index in [4.69, 9.17) is 4.74 Å². The standard InChI is InChI=1S/C28H32F4N6O2/c1-26(29)6-8-36(9-7-26)13-19-10-22(28(30,31)32)23-15-37(25(39)38(23)14-19)21-5-3-4-20(11-21)27(16-40-17-27)12-24-34-33-18-35(24)2/h3-5,10-11,18H,6-9,12-17H2,1-2H3. The van der Waals surface area contributed by atoms with Crippen molar-refractivity contribution in [2.45, 2.75) is 43.4 Å². The lowest BCUT2D eigenvalue weighted by atomic mass is 9.75. The normalized spacial score (nSPS) is 22.9. The predicted octanol–water partition coefficient (Wildman–Crippen LogP) is 4.15. The van der Waals surface area contributed by atoms with E-state index in [0.29, 0.717) is 56.8 Å². The summed E-state index contributed by atoms with van der Waals surface area (Å²) in [5.41, 5.74) is -0.471. The lowest BCUT2D eigenvalue weighted by Crippen LogP contribution is -2.49. The number of carbonyl (C=O) groups excluding carboxylic acids is 1. The van der Waals surface area contributed by atoms with E-state index in [9.17, 15) is 22.4 Å². The molecular formula is C28H32F4N6O2. The van der Waals surface area contributed by atoms with Gasteiger partial charge in [-0.1, -0.05) is 12.1 Å². The monoisotopic (exact) mass is 560 g/mol. The van der Waals surface area contributed by atoms with Crippen molar-refractivity contribution in [1.82, 2.24) is 24.6 Å². The summed E-state index contributed by atoms with van der Waals surface area (Å²) < 4.78 is 64.3. The number of hydrogen-bond donors (Lipinski definition) is 0. The summed E-state index contributed by atoms with van der Waals surface area (Å²) in [6.45, 7) is 3.62. The van der Waals surface area contributed by atoms with Gasteiger partial charge in [0.2, 0.25) is 0 Å². The van der Waals surface area contributed by atoms with Crippen molar-refractivity contribution >= 4 is 11.7 Å². The number of alkyl halides is 4. The zero-order valence-corrected chi connectivity index (χ0v) is 22.5. The van der Waals surface area contributed by atoms with Crippen molar-refractivity contribution < 1.29 is 27.1 Å². The molecule has 3 saturated heterocycles. The van der Waals surface area contributed by atoms with Gasteiger partial charge in [-0.05, 0) is 49.1 Å². The predicted molar refractivity (Wildman–Crippen MR) is 139 cm³/mol. The quantitative estimate of drug-likeness (QED) is 0.497. The molecule has 0 spiro atoms. The number of rotatable bonds is 6. The minimum absolute atomic E-state index is 0.0394. The number of aryl methyl sites for hydroxylation is 1. The molecule has 2 aromatic rings. The molecule has 6 rings (SSSR count). The number of likely N-dealkylation sites (tertiary alicyclic amines) is 1. The molecule has 1 aromatic heterocycles. The lowest BCUT2D eigenvalue weighted by Gasteiger charge is -2.42. The summed E-state index contributed by atoms with van der Waals surface area (Å²) in [4.78, 5) is 18.2. The minimum atomic E-state index is -4.61. The summed E-state index contributed by atoms with van der Waals surface area (Å²) >= 11 is 0. The molecule has 0 radical (unpaired) electrons. The number of ether oxygens (including phenoxy) is 1. The van der Waals surface area contributed by atoms with Gasteiger partial charge in [0, 0.05) is 50.7 Å². The molecule has 4 aliphatic heterocycles. The number of benzene rings is 1. The number of amides is 2. The third-order valence-corrected chi connectivity index (χ3v) is 8.58. The number of allylic oxidation sites excluding steroid dienone is 2. The Hall–Kier alpha value is -3.25. The van der Waals surface area contributed by atoms with E-state index in [0.717, 1.165) is 11.4 Å². The van der Waals surface area contributed by atoms with E-state index in [2.05, 4.69) is 10.2 Å². The highest BCUT2D eigenvalue weighted by Crippen LogP contribution is 2.41. The summed E-state index contributed by atoms with van der Waals surface area (Å²) in [7, 11) is 1.87. The Morgan fingerprint density at radius 3 is 2.48 bits per heavy atom. The van der Waals surface area contributed by atoms with Gasteiger partial charge in [-0.25, -0.2) is 9.18 Å². The number of aromatic nitrogens is 3. The fourth-order valence-electron chi connectivity index (χ4n) is 5.99. The first-order valence-electron chi connectivity index (χ1n) is 13.5. The fraction of sp³-hybridized carbons (Fsp3) is 0.536. The number of anilines is 1. The smallest absolute Gasteiger partial charge is 0.379 e. The molecule has 8 nitrogen and oxygen atoms in total. The van der Waals surface area contributed by atoms with Crippen LogP contribution in [-0.4, -0.2) is 88.4 Å². The molecule has 12 heteroatoms. The maximum Gasteiger partial charge on any atom is 0.418 e. The highest BCUT2D eigenvalue weighted by Gasteiger charge is 2.46. The Labute approximate surface area is 229 Å². The summed E-state index contributed by atoms with van der Waals surface area (Å²) in [5.74, 6) is 0.798. The van der Waals surface area contributed by atoms with E-state index < -0.39 is 23.4 Å². The van der Waals surface area contributed by atoms with Crippen LogP contribution in [0.5, 0.6) is 0 Å². The van der Waals surface area contributed by atoms with E-state index in [1.807, 2.05) is 34.7 Å². The topological polar surface area (TPSA) is 66.7 Å². The molecule has 4 aliphatic rings. The highest BCUT2D eigenvalue weighted by atomic mass is 19.4. The highest BCUT2D eigenvalue weighted by molar-refractivity contribution is 5.97. The largest absolute Gasteiger partial charge is 0.418 e. The Morgan fingerprint density at radius 1 is 1.10 bits per heavy atom. The van der Waals surface area contributed by atoms with Crippen LogP contribution in [0.3, 0.4) is 0 Å². The number of hydrogen-bond acceptors (Lipinski definition) is 5. The van der Waals surface area contributed by atoms with Crippen molar-refractivity contribution in [3.05, 3.63) is 64.9 Å². The first kappa shape index (κ1) is 26.9. The van der Waals surface area contributed by atoms with Crippen molar-refractivity contribution in [3.8, 4) is 0 Å². The van der Waals surface area contributed by atoms with Gasteiger partial charge in [0.1, 0.15) is 17.8 Å². The summed E-state index contributed by atoms with van der Waals surface area (Å²) in [5, 5.41) is 8.16. The first-order chi connectivity index (χ1) is 18.9. The molecule has 0 aliphatic carbocycles. The number of nitrogens with zero attached hydrogens (tertiary/aromatic N) is 6. The van der Waals surface area contributed by atoms with Gasteiger partial charge in [0.15, 0.2) is 0 Å². The van der Waals surface area contributed by atoms with Crippen molar-refractivity contribution in [3.63, 3.8) is 0 Å². The maximum atomic E-state index is 14.2. The molecule has 0 bridgehead atoms. The third kappa shape index (κ3) is 4.91. The van der Waals surface area contributed by atoms with Gasteiger partial charge >= 0.3 is 12.2 Å². The maximum absolute atomic E-state index is 14.2. The van der Waals surface area contributed by atoms with Crippen LogP contribution in [0, 0.1) is 0 Å². The Kier molecular flexibility index (Phi) is 6.53. The second-order valence-electron chi connectivity index (χ2n) is 11.7. The van der Waals surface area contributed by atoms with Crippen LogP contribution in [0.4, 0.5) is 28.0 Å². The van der Waals surface area contributed by atoms with Crippen LogP contribution in [0.1, 0.15) is 31.2 Å². The zero-order chi connectivity index (χ0) is 28.3. The average molecular weight is 561 g/mol. The molecule has 1 aromatic carbocycles. The van der Waals surface area contributed by atoms with Gasteiger partial charge < -0.3 is 9.30 Å². The van der Waals surface area contributed by atoms with Gasteiger partial charge in [-0.15, -0.1) is 10.2 Å². The molecule has 5 heterocycles. The van der Waals surface area contributed by atoms with E-state index >= 15 is 0 Å². The summed E-state index contributed by atoms with van der Waals surface area (Å²) in [6.07, 6.45) is -0.533. The number of carbonyl (C=O) groups is 1. The van der Waals surface area contributed by atoms with E-state index in [-0.39, 0.29) is 30.7 Å². The minimum Gasteiger partial charge on any atom is -0.379 e. The first-order valence-corrected chi connectivity index (χ1v) is 13.5. The van der Waals surface area contributed by atoms with Gasteiger partial charge in [-0.3, -0.25) is 14.7 Å².